The fourth-order valence-electron chi connectivity index (χ4n) is 3.68. The Morgan fingerprint density at radius 2 is 2.05 bits per heavy atom. The molecule has 0 radical (unpaired) electrons. The maximum Gasteiger partial charge on any atom is 0.236 e. The maximum atomic E-state index is 12.7. The monoisotopic (exact) mass is 266 g/mol. The second-order valence-electron chi connectivity index (χ2n) is 6.00. The third-order valence-electron chi connectivity index (χ3n) is 5.09. The van der Waals surface area contributed by atoms with Gasteiger partial charge in [0.15, 0.2) is 5.84 Å². The van der Waals surface area contributed by atoms with Crippen molar-refractivity contribution >= 4 is 11.7 Å². The Labute approximate surface area is 113 Å². The summed E-state index contributed by atoms with van der Waals surface area (Å²) < 4.78 is 0. The fraction of sp³-hybridized carbons (Fsp3) is 0.846. The molecule has 3 rings (SSSR count). The molecule has 19 heavy (non-hydrogen) atoms. The lowest BCUT2D eigenvalue weighted by Crippen LogP contribution is -2.60. The largest absolute Gasteiger partial charge is 0.409 e. The van der Waals surface area contributed by atoms with Crippen molar-refractivity contribution in [1.29, 1.82) is 0 Å². The zero-order valence-electron chi connectivity index (χ0n) is 11.2. The minimum atomic E-state index is -0.713. The van der Waals surface area contributed by atoms with E-state index in [1.807, 2.05) is 4.90 Å². The van der Waals surface area contributed by atoms with Crippen LogP contribution in [0, 0.1) is 5.41 Å². The molecule has 6 nitrogen and oxygen atoms in total. The molecule has 1 saturated carbocycles. The molecule has 106 valence electrons. The molecule has 0 bridgehead atoms. The predicted octanol–water partition coefficient (Wildman–Crippen LogP) is 0.210. The summed E-state index contributed by atoms with van der Waals surface area (Å²) in [4.78, 5) is 17.1. The van der Waals surface area contributed by atoms with Crippen LogP contribution >= 0.6 is 0 Å². The van der Waals surface area contributed by atoms with Gasteiger partial charge in [-0.15, -0.1) is 0 Å². The first-order valence-electron chi connectivity index (χ1n) is 7.19. The lowest BCUT2D eigenvalue weighted by Gasteiger charge is -2.45. The van der Waals surface area contributed by atoms with Crippen molar-refractivity contribution in [3.8, 4) is 0 Å². The van der Waals surface area contributed by atoms with E-state index in [9.17, 15) is 4.79 Å². The summed E-state index contributed by atoms with van der Waals surface area (Å²) in [6.07, 6.45) is 4.82. The van der Waals surface area contributed by atoms with Gasteiger partial charge in [-0.05, 0) is 32.2 Å². The molecule has 2 aliphatic heterocycles. The van der Waals surface area contributed by atoms with E-state index >= 15 is 0 Å². The summed E-state index contributed by atoms with van der Waals surface area (Å²) in [5, 5.41) is 12.0. The number of rotatable bonds is 2. The van der Waals surface area contributed by atoms with Gasteiger partial charge in [-0.2, -0.15) is 0 Å². The Kier molecular flexibility index (Phi) is 3.12. The molecule has 0 aromatic heterocycles. The lowest BCUT2D eigenvalue weighted by atomic mass is 9.66. The average molecular weight is 266 g/mol. The van der Waals surface area contributed by atoms with Crippen molar-refractivity contribution in [3.63, 3.8) is 0 Å². The zero-order chi connectivity index (χ0) is 13.5. The van der Waals surface area contributed by atoms with Crippen LogP contribution in [0.5, 0.6) is 0 Å². The van der Waals surface area contributed by atoms with E-state index in [-0.39, 0.29) is 11.7 Å². The van der Waals surface area contributed by atoms with Gasteiger partial charge in [0.05, 0.1) is 0 Å². The number of nitrogens with two attached hydrogens (primary N) is 1. The van der Waals surface area contributed by atoms with Crippen LogP contribution in [0.3, 0.4) is 0 Å². The third-order valence-corrected chi connectivity index (χ3v) is 5.09. The van der Waals surface area contributed by atoms with Gasteiger partial charge in [-0.1, -0.05) is 11.6 Å². The van der Waals surface area contributed by atoms with Crippen LogP contribution in [0.25, 0.3) is 0 Å². The molecular formula is C13H22N4O2. The smallest absolute Gasteiger partial charge is 0.236 e. The molecule has 2 heterocycles. The number of fused-ring (bicyclic) bond motifs is 1. The molecule has 0 aromatic rings. The number of piperazine rings is 1. The highest BCUT2D eigenvalue weighted by Gasteiger charge is 2.51. The van der Waals surface area contributed by atoms with Gasteiger partial charge in [0.2, 0.25) is 5.91 Å². The standard InChI is InChI=1S/C13H22N4O2/c14-11(15-19)13(4-2-5-13)12(18)17-8-7-16-6-1-3-10(16)9-17/h10,19H,1-9H2,(H2,14,15). The number of amidine groups is 1. The summed E-state index contributed by atoms with van der Waals surface area (Å²) >= 11 is 0. The molecule has 3 aliphatic rings. The topological polar surface area (TPSA) is 82.2 Å². The van der Waals surface area contributed by atoms with Gasteiger partial charge in [0, 0.05) is 25.7 Å². The molecule has 1 unspecified atom stereocenters. The van der Waals surface area contributed by atoms with Crippen molar-refractivity contribution in [1.82, 2.24) is 9.80 Å². The van der Waals surface area contributed by atoms with Gasteiger partial charge < -0.3 is 15.8 Å². The molecule has 1 amide bonds. The molecule has 1 aliphatic carbocycles. The zero-order valence-corrected chi connectivity index (χ0v) is 11.2. The van der Waals surface area contributed by atoms with E-state index in [0.29, 0.717) is 18.9 Å². The molecule has 6 heteroatoms. The van der Waals surface area contributed by atoms with Crippen molar-refractivity contribution in [2.75, 3.05) is 26.2 Å². The van der Waals surface area contributed by atoms with Gasteiger partial charge in [0.25, 0.3) is 0 Å². The first-order valence-corrected chi connectivity index (χ1v) is 7.19. The van der Waals surface area contributed by atoms with Crippen LogP contribution < -0.4 is 5.73 Å². The van der Waals surface area contributed by atoms with Crippen molar-refractivity contribution in [2.24, 2.45) is 16.3 Å². The second-order valence-corrected chi connectivity index (χ2v) is 6.00. The summed E-state index contributed by atoms with van der Waals surface area (Å²) in [5.41, 5.74) is 5.06. The Balaban J connectivity index is 1.73. The first kappa shape index (κ1) is 12.7. The lowest BCUT2D eigenvalue weighted by molar-refractivity contribution is -0.144. The molecule has 3 N–H and O–H groups in total. The second kappa shape index (κ2) is 4.67. The van der Waals surface area contributed by atoms with E-state index in [0.717, 1.165) is 32.6 Å². The minimum absolute atomic E-state index is 0.0700. The van der Waals surface area contributed by atoms with Crippen LogP contribution in [0.1, 0.15) is 32.1 Å². The number of oxime groups is 1. The molecule has 2 saturated heterocycles. The van der Waals surface area contributed by atoms with Crippen LogP contribution in [-0.4, -0.2) is 59.0 Å². The predicted molar refractivity (Wildman–Crippen MR) is 70.9 cm³/mol. The van der Waals surface area contributed by atoms with Crippen molar-refractivity contribution in [3.05, 3.63) is 0 Å². The summed E-state index contributed by atoms with van der Waals surface area (Å²) in [7, 11) is 0. The molecule has 0 spiro atoms. The van der Waals surface area contributed by atoms with E-state index in [1.165, 1.54) is 12.8 Å². The highest BCUT2D eigenvalue weighted by Crippen LogP contribution is 2.43. The summed E-state index contributed by atoms with van der Waals surface area (Å²) in [5.74, 6) is 0.165. The highest BCUT2D eigenvalue weighted by atomic mass is 16.4. The Morgan fingerprint density at radius 1 is 1.26 bits per heavy atom. The SMILES string of the molecule is NC(=NO)C1(C(=O)N2CCN3CCCC3C2)CCC1. The van der Waals surface area contributed by atoms with Crippen molar-refractivity contribution < 1.29 is 10.0 Å². The number of hydrogen-bond acceptors (Lipinski definition) is 4. The summed E-state index contributed by atoms with van der Waals surface area (Å²) in [6.45, 7) is 3.70. The van der Waals surface area contributed by atoms with E-state index in [2.05, 4.69) is 10.1 Å². The number of nitrogens with zero attached hydrogens (tertiary/aromatic N) is 3. The quantitative estimate of drug-likeness (QED) is 0.324. The Morgan fingerprint density at radius 3 is 2.68 bits per heavy atom. The van der Waals surface area contributed by atoms with Crippen LogP contribution in [0.2, 0.25) is 0 Å². The van der Waals surface area contributed by atoms with E-state index in [4.69, 9.17) is 10.9 Å². The molecule has 1 atom stereocenters. The van der Waals surface area contributed by atoms with Gasteiger partial charge in [-0.25, -0.2) is 0 Å². The van der Waals surface area contributed by atoms with Gasteiger partial charge in [-0.3, -0.25) is 9.69 Å². The summed E-state index contributed by atoms with van der Waals surface area (Å²) in [6, 6.07) is 0.516. The normalized spacial score (nSPS) is 30.8. The maximum absolute atomic E-state index is 12.7. The first-order chi connectivity index (χ1) is 9.17. The van der Waals surface area contributed by atoms with Gasteiger partial charge in [0.1, 0.15) is 5.41 Å². The van der Waals surface area contributed by atoms with Gasteiger partial charge >= 0.3 is 0 Å². The minimum Gasteiger partial charge on any atom is -0.409 e. The van der Waals surface area contributed by atoms with Crippen LogP contribution in [-0.2, 0) is 4.79 Å². The van der Waals surface area contributed by atoms with Crippen LogP contribution in [0.15, 0.2) is 5.16 Å². The number of hydrogen-bond donors (Lipinski definition) is 2. The van der Waals surface area contributed by atoms with Crippen molar-refractivity contribution in [2.45, 2.75) is 38.1 Å². The third kappa shape index (κ3) is 1.89. The molecule has 0 aromatic carbocycles. The van der Waals surface area contributed by atoms with E-state index in [1.54, 1.807) is 0 Å². The van der Waals surface area contributed by atoms with E-state index < -0.39 is 5.41 Å². The Hall–Kier alpha value is -1.30. The number of carbonyl (C=O) groups excluding carboxylic acids is 1. The fourth-order valence-corrected chi connectivity index (χ4v) is 3.68. The number of carbonyl (C=O) groups is 1. The van der Waals surface area contributed by atoms with Crippen LogP contribution in [0.4, 0.5) is 0 Å². The molecular weight excluding hydrogens is 244 g/mol. The highest BCUT2D eigenvalue weighted by molar-refractivity contribution is 6.07. The Bertz CT molecular complexity index is 405. The molecule has 3 fully saturated rings. The average Bonchev–Trinajstić information content (AvgIpc) is 2.84. The number of amides is 1.